The molecule has 0 amide bonds. The van der Waals surface area contributed by atoms with Crippen LogP contribution in [0.15, 0.2) is 29.6 Å². The minimum absolute atomic E-state index is 0.513. The highest BCUT2D eigenvalue weighted by atomic mass is 32.2. The number of anilines is 1. The highest BCUT2D eigenvalue weighted by molar-refractivity contribution is 7.99. The van der Waals surface area contributed by atoms with Crippen molar-refractivity contribution in [3.05, 3.63) is 35.2 Å². The number of nitrogens with zero attached hydrogens (tertiary/aromatic N) is 2. The molecular formula is C14H13F3N2S2. The molecule has 1 aromatic carbocycles. The summed E-state index contributed by atoms with van der Waals surface area (Å²) in [5.41, 5.74) is 0.488. The molecule has 0 aliphatic carbocycles. The highest BCUT2D eigenvalue weighted by Crippen LogP contribution is 2.34. The summed E-state index contributed by atoms with van der Waals surface area (Å²) in [6.07, 6.45) is -4.32. The molecule has 0 unspecified atom stereocenters. The Hall–Kier alpha value is -1.21. The topological polar surface area (TPSA) is 16.1 Å². The summed E-state index contributed by atoms with van der Waals surface area (Å²) < 4.78 is 38.3. The van der Waals surface area contributed by atoms with Crippen molar-refractivity contribution in [2.75, 3.05) is 29.5 Å². The van der Waals surface area contributed by atoms with Gasteiger partial charge >= 0.3 is 6.18 Å². The zero-order chi connectivity index (χ0) is 14.9. The fraction of sp³-hybridized carbons (Fsp3) is 0.357. The van der Waals surface area contributed by atoms with Crippen molar-refractivity contribution in [1.82, 2.24) is 4.98 Å². The summed E-state index contributed by atoms with van der Waals surface area (Å²) in [6.45, 7) is 1.89. The Balaban J connectivity index is 1.86. The molecule has 1 aliphatic rings. The van der Waals surface area contributed by atoms with Crippen LogP contribution in [0.25, 0.3) is 11.3 Å². The fourth-order valence-electron chi connectivity index (χ4n) is 2.15. The Labute approximate surface area is 129 Å². The van der Waals surface area contributed by atoms with Crippen molar-refractivity contribution in [1.29, 1.82) is 0 Å². The molecule has 2 aromatic rings. The third-order valence-corrected chi connectivity index (χ3v) is 5.10. The van der Waals surface area contributed by atoms with Crippen molar-refractivity contribution < 1.29 is 13.2 Å². The van der Waals surface area contributed by atoms with Gasteiger partial charge in [0.1, 0.15) is 0 Å². The monoisotopic (exact) mass is 330 g/mol. The van der Waals surface area contributed by atoms with Crippen LogP contribution >= 0.6 is 23.1 Å². The predicted octanol–water partition coefficient (Wildman–Crippen LogP) is 4.38. The van der Waals surface area contributed by atoms with Crippen molar-refractivity contribution in [2.45, 2.75) is 6.18 Å². The van der Waals surface area contributed by atoms with Gasteiger partial charge in [-0.25, -0.2) is 4.98 Å². The van der Waals surface area contributed by atoms with E-state index in [2.05, 4.69) is 9.88 Å². The van der Waals surface area contributed by atoms with E-state index in [-0.39, 0.29) is 0 Å². The lowest BCUT2D eigenvalue weighted by molar-refractivity contribution is -0.137. The molecule has 0 radical (unpaired) electrons. The molecule has 0 N–H and O–H groups in total. The first-order valence-electron chi connectivity index (χ1n) is 6.50. The minimum Gasteiger partial charge on any atom is -0.346 e. The van der Waals surface area contributed by atoms with Gasteiger partial charge in [-0.15, -0.1) is 11.3 Å². The van der Waals surface area contributed by atoms with E-state index in [0.29, 0.717) is 11.3 Å². The first-order valence-corrected chi connectivity index (χ1v) is 8.53. The average molecular weight is 330 g/mol. The number of benzene rings is 1. The van der Waals surface area contributed by atoms with Crippen molar-refractivity contribution in [3.8, 4) is 11.3 Å². The second-order valence-corrected chi connectivity index (χ2v) is 6.75. The van der Waals surface area contributed by atoms with Gasteiger partial charge in [0, 0.05) is 35.5 Å². The SMILES string of the molecule is FC(F)(F)c1cccc(-c2csc(N3CCSCC3)n2)c1. The van der Waals surface area contributed by atoms with E-state index in [9.17, 15) is 13.2 Å². The molecule has 0 spiro atoms. The molecule has 0 atom stereocenters. The van der Waals surface area contributed by atoms with Gasteiger partial charge in [0.25, 0.3) is 0 Å². The second-order valence-electron chi connectivity index (χ2n) is 4.69. The van der Waals surface area contributed by atoms with Gasteiger partial charge in [-0.1, -0.05) is 12.1 Å². The number of hydrogen-bond acceptors (Lipinski definition) is 4. The zero-order valence-electron chi connectivity index (χ0n) is 11.1. The van der Waals surface area contributed by atoms with E-state index in [4.69, 9.17) is 0 Å². The molecule has 1 aromatic heterocycles. The standard InChI is InChI=1S/C14H13F3N2S2/c15-14(16,17)11-3-1-2-10(8-11)12-9-21-13(18-12)19-4-6-20-7-5-19/h1-3,8-9H,4-7H2. The van der Waals surface area contributed by atoms with E-state index in [1.165, 1.54) is 17.4 Å². The van der Waals surface area contributed by atoms with Gasteiger partial charge in [-0.3, -0.25) is 0 Å². The molecule has 21 heavy (non-hydrogen) atoms. The Kier molecular flexibility index (Phi) is 4.12. The second kappa shape index (κ2) is 5.88. The number of alkyl halides is 3. The van der Waals surface area contributed by atoms with Gasteiger partial charge in [-0.2, -0.15) is 24.9 Å². The van der Waals surface area contributed by atoms with Crippen LogP contribution in [0.5, 0.6) is 0 Å². The van der Waals surface area contributed by atoms with Gasteiger partial charge in [0.2, 0.25) is 0 Å². The quantitative estimate of drug-likeness (QED) is 0.813. The van der Waals surface area contributed by atoms with E-state index in [0.717, 1.165) is 41.9 Å². The molecule has 2 nitrogen and oxygen atoms in total. The van der Waals surface area contributed by atoms with Crippen LogP contribution in [-0.4, -0.2) is 29.6 Å². The van der Waals surface area contributed by atoms with Crippen LogP contribution in [0.1, 0.15) is 5.56 Å². The van der Waals surface area contributed by atoms with E-state index >= 15 is 0 Å². The first-order chi connectivity index (χ1) is 10.0. The largest absolute Gasteiger partial charge is 0.416 e. The first kappa shape index (κ1) is 14.7. The number of thioether (sulfide) groups is 1. The van der Waals surface area contributed by atoms with Crippen molar-refractivity contribution >= 4 is 28.2 Å². The number of hydrogen-bond donors (Lipinski definition) is 0. The summed E-state index contributed by atoms with van der Waals surface area (Å²) >= 11 is 3.40. The maximum Gasteiger partial charge on any atom is 0.416 e. The smallest absolute Gasteiger partial charge is 0.346 e. The Morgan fingerprint density at radius 1 is 1.14 bits per heavy atom. The lowest BCUT2D eigenvalue weighted by Crippen LogP contribution is -2.32. The summed E-state index contributed by atoms with van der Waals surface area (Å²) in [6, 6.07) is 5.33. The maximum atomic E-state index is 12.8. The van der Waals surface area contributed by atoms with E-state index in [1.807, 2.05) is 17.1 Å². The minimum atomic E-state index is -4.32. The van der Waals surface area contributed by atoms with Crippen LogP contribution in [-0.2, 0) is 6.18 Å². The van der Waals surface area contributed by atoms with Gasteiger partial charge in [0.05, 0.1) is 11.3 Å². The number of thiazole rings is 1. The zero-order valence-corrected chi connectivity index (χ0v) is 12.7. The summed E-state index contributed by atoms with van der Waals surface area (Å²) in [5, 5.41) is 2.72. The van der Waals surface area contributed by atoms with Crippen molar-refractivity contribution in [2.24, 2.45) is 0 Å². The van der Waals surface area contributed by atoms with Crippen LogP contribution in [0, 0.1) is 0 Å². The molecule has 1 saturated heterocycles. The van der Waals surface area contributed by atoms with Crippen LogP contribution < -0.4 is 4.90 Å². The lowest BCUT2D eigenvalue weighted by Gasteiger charge is -2.25. The molecule has 3 rings (SSSR count). The number of halogens is 3. The third kappa shape index (κ3) is 3.35. The highest BCUT2D eigenvalue weighted by Gasteiger charge is 2.30. The Bertz CT molecular complexity index is 619. The Morgan fingerprint density at radius 2 is 1.90 bits per heavy atom. The van der Waals surface area contributed by atoms with E-state index in [1.54, 1.807) is 6.07 Å². The van der Waals surface area contributed by atoms with Crippen molar-refractivity contribution in [3.63, 3.8) is 0 Å². The maximum absolute atomic E-state index is 12.8. The van der Waals surface area contributed by atoms with Crippen LogP contribution in [0.3, 0.4) is 0 Å². The van der Waals surface area contributed by atoms with Gasteiger partial charge < -0.3 is 4.90 Å². The van der Waals surface area contributed by atoms with Crippen LogP contribution in [0.4, 0.5) is 18.3 Å². The molecular weight excluding hydrogens is 317 g/mol. The lowest BCUT2D eigenvalue weighted by atomic mass is 10.1. The molecule has 112 valence electrons. The predicted molar refractivity (Wildman–Crippen MR) is 82.1 cm³/mol. The van der Waals surface area contributed by atoms with E-state index < -0.39 is 11.7 Å². The summed E-state index contributed by atoms with van der Waals surface area (Å²) in [5.74, 6) is 2.14. The Morgan fingerprint density at radius 3 is 2.62 bits per heavy atom. The average Bonchev–Trinajstić information content (AvgIpc) is 2.97. The summed E-state index contributed by atoms with van der Waals surface area (Å²) in [4.78, 5) is 6.69. The molecule has 1 fully saturated rings. The molecule has 1 aliphatic heterocycles. The summed E-state index contributed by atoms with van der Waals surface area (Å²) in [7, 11) is 0. The van der Waals surface area contributed by atoms with Crippen LogP contribution in [0.2, 0.25) is 0 Å². The fourth-order valence-corrected chi connectivity index (χ4v) is 3.94. The van der Waals surface area contributed by atoms with Gasteiger partial charge in [-0.05, 0) is 12.1 Å². The third-order valence-electron chi connectivity index (χ3n) is 3.26. The number of rotatable bonds is 2. The molecule has 2 heterocycles. The molecule has 0 saturated carbocycles. The van der Waals surface area contributed by atoms with Gasteiger partial charge in [0.15, 0.2) is 5.13 Å². The molecule has 0 bridgehead atoms. The molecule has 7 heteroatoms. The number of aromatic nitrogens is 1. The normalized spacial score (nSPS) is 16.2.